The van der Waals surface area contributed by atoms with Crippen LogP contribution in [0.1, 0.15) is 17.0 Å². The minimum absolute atomic E-state index is 0.128. The molecule has 0 saturated heterocycles. The Morgan fingerprint density at radius 3 is 2.50 bits per heavy atom. The zero-order valence-electron chi connectivity index (χ0n) is 14.8. The average molecular weight is 360 g/mol. The van der Waals surface area contributed by atoms with Crippen LogP contribution in [-0.4, -0.2) is 45.1 Å². The van der Waals surface area contributed by atoms with Crippen LogP contribution in [0.3, 0.4) is 0 Å². The van der Waals surface area contributed by atoms with E-state index in [1.165, 1.54) is 23.4 Å². The van der Waals surface area contributed by atoms with E-state index in [2.05, 4.69) is 5.10 Å². The molecule has 0 saturated carbocycles. The highest BCUT2D eigenvalue weighted by Gasteiger charge is 2.23. The summed E-state index contributed by atoms with van der Waals surface area (Å²) in [6.07, 6.45) is 0. The maximum atomic E-state index is 12.1. The van der Waals surface area contributed by atoms with Gasteiger partial charge in [-0.2, -0.15) is 5.10 Å². The van der Waals surface area contributed by atoms with Gasteiger partial charge in [0.2, 0.25) is 0 Å². The molecule has 0 fully saturated rings. The Bertz CT molecular complexity index is 816. The van der Waals surface area contributed by atoms with Crippen molar-refractivity contribution < 1.29 is 19.2 Å². The van der Waals surface area contributed by atoms with Crippen LogP contribution in [-0.2, 0) is 27.4 Å². The second-order valence-corrected chi connectivity index (χ2v) is 5.83. The van der Waals surface area contributed by atoms with Crippen molar-refractivity contribution in [2.75, 3.05) is 13.7 Å². The molecule has 2 rings (SSSR count). The first-order valence-electron chi connectivity index (χ1n) is 7.91. The summed E-state index contributed by atoms with van der Waals surface area (Å²) in [4.78, 5) is 35.9. The third-order valence-electron chi connectivity index (χ3n) is 3.85. The van der Waals surface area contributed by atoms with E-state index in [0.29, 0.717) is 6.54 Å². The lowest BCUT2D eigenvalue weighted by atomic mass is 10.2. The number of benzene rings is 1. The van der Waals surface area contributed by atoms with Gasteiger partial charge in [-0.25, -0.2) is 0 Å². The molecule has 0 aliphatic carbocycles. The maximum absolute atomic E-state index is 12.1. The molecule has 1 amide bonds. The number of hydrogen-bond donors (Lipinski definition) is 0. The first-order chi connectivity index (χ1) is 12.3. The largest absolute Gasteiger partial charge is 0.454 e. The number of nitro groups is 1. The van der Waals surface area contributed by atoms with E-state index in [1.807, 2.05) is 30.3 Å². The number of likely N-dealkylation sites (N-methyl/N-ethyl adjacent to an activating group) is 1. The zero-order valence-corrected chi connectivity index (χ0v) is 14.8. The number of amides is 1. The molecule has 1 aromatic carbocycles. The van der Waals surface area contributed by atoms with Gasteiger partial charge in [-0.3, -0.25) is 24.4 Å². The molecule has 1 heterocycles. The minimum atomic E-state index is -0.688. The number of esters is 1. The van der Waals surface area contributed by atoms with Crippen LogP contribution in [0.15, 0.2) is 30.3 Å². The van der Waals surface area contributed by atoms with E-state index in [0.717, 1.165) is 5.56 Å². The fourth-order valence-corrected chi connectivity index (χ4v) is 2.47. The van der Waals surface area contributed by atoms with E-state index < -0.39 is 17.5 Å². The molecule has 138 valence electrons. The van der Waals surface area contributed by atoms with Crippen molar-refractivity contribution in [2.24, 2.45) is 0 Å². The molecule has 0 bridgehead atoms. The van der Waals surface area contributed by atoms with Crippen molar-refractivity contribution in [3.8, 4) is 0 Å². The monoisotopic (exact) mass is 360 g/mol. The van der Waals surface area contributed by atoms with Crippen LogP contribution in [0.4, 0.5) is 5.69 Å². The van der Waals surface area contributed by atoms with Crippen LogP contribution < -0.4 is 0 Å². The van der Waals surface area contributed by atoms with E-state index in [1.54, 1.807) is 7.05 Å². The van der Waals surface area contributed by atoms with Gasteiger partial charge in [0.25, 0.3) is 5.91 Å². The van der Waals surface area contributed by atoms with Gasteiger partial charge in [-0.1, -0.05) is 30.3 Å². The number of aryl methyl sites for hydroxylation is 1. The molecular weight excluding hydrogens is 340 g/mol. The maximum Gasteiger partial charge on any atom is 0.328 e. The molecule has 0 aliphatic heterocycles. The van der Waals surface area contributed by atoms with Crippen LogP contribution in [0.2, 0.25) is 0 Å². The molecule has 0 spiro atoms. The van der Waals surface area contributed by atoms with E-state index in [9.17, 15) is 19.7 Å². The van der Waals surface area contributed by atoms with Crippen molar-refractivity contribution in [2.45, 2.75) is 26.9 Å². The normalized spacial score (nSPS) is 10.4. The number of carbonyl (C=O) groups is 2. The van der Waals surface area contributed by atoms with Gasteiger partial charge in [0, 0.05) is 13.6 Å². The van der Waals surface area contributed by atoms with Crippen molar-refractivity contribution in [1.29, 1.82) is 0 Å². The molecule has 1 aromatic heterocycles. The second-order valence-electron chi connectivity index (χ2n) is 5.83. The Morgan fingerprint density at radius 1 is 1.27 bits per heavy atom. The topological polar surface area (TPSA) is 108 Å². The SMILES string of the molecule is Cc1nn(CC(=O)OCC(=O)N(C)Cc2ccccc2)c(C)c1[N+](=O)[O-]. The van der Waals surface area contributed by atoms with Gasteiger partial charge in [0.15, 0.2) is 6.61 Å². The first kappa shape index (κ1) is 19.1. The number of nitrogens with zero attached hydrogens (tertiary/aromatic N) is 4. The van der Waals surface area contributed by atoms with Crippen LogP contribution in [0, 0.1) is 24.0 Å². The van der Waals surface area contributed by atoms with Crippen molar-refractivity contribution in [1.82, 2.24) is 14.7 Å². The Morgan fingerprint density at radius 2 is 1.92 bits per heavy atom. The van der Waals surface area contributed by atoms with Gasteiger partial charge in [-0.05, 0) is 19.4 Å². The Balaban J connectivity index is 1.88. The molecule has 0 aliphatic rings. The highest BCUT2D eigenvalue weighted by atomic mass is 16.6. The molecule has 0 N–H and O–H groups in total. The number of ether oxygens (including phenoxy) is 1. The predicted octanol–water partition coefficient (Wildman–Crippen LogP) is 1.61. The summed E-state index contributed by atoms with van der Waals surface area (Å²) >= 11 is 0. The molecule has 0 radical (unpaired) electrons. The predicted molar refractivity (Wildman–Crippen MR) is 92.2 cm³/mol. The lowest BCUT2D eigenvalue weighted by Gasteiger charge is -2.17. The van der Waals surface area contributed by atoms with E-state index in [4.69, 9.17) is 4.74 Å². The van der Waals surface area contributed by atoms with E-state index >= 15 is 0 Å². The number of carbonyl (C=O) groups excluding carboxylic acids is 2. The van der Waals surface area contributed by atoms with Crippen molar-refractivity contribution in [3.05, 3.63) is 57.4 Å². The Hall–Kier alpha value is -3.23. The van der Waals surface area contributed by atoms with Crippen LogP contribution in [0.25, 0.3) is 0 Å². The standard InChI is InChI=1S/C17H20N4O5/c1-12-17(21(24)25)13(2)20(18-12)10-16(23)26-11-15(22)19(3)9-14-7-5-4-6-8-14/h4-8H,9-11H2,1-3H3. The van der Waals surface area contributed by atoms with Gasteiger partial charge in [0.05, 0.1) is 4.92 Å². The highest BCUT2D eigenvalue weighted by molar-refractivity contribution is 5.80. The fourth-order valence-electron chi connectivity index (χ4n) is 2.47. The van der Waals surface area contributed by atoms with E-state index in [-0.39, 0.29) is 29.5 Å². The lowest BCUT2D eigenvalue weighted by molar-refractivity contribution is -0.386. The molecule has 0 atom stereocenters. The summed E-state index contributed by atoms with van der Waals surface area (Å²) in [5.74, 6) is -1.03. The van der Waals surface area contributed by atoms with Gasteiger partial charge in [0.1, 0.15) is 17.9 Å². The molecule has 9 heteroatoms. The molecular formula is C17H20N4O5. The third-order valence-corrected chi connectivity index (χ3v) is 3.85. The summed E-state index contributed by atoms with van der Waals surface area (Å²) < 4.78 is 6.17. The highest BCUT2D eigenvalue weighted by Crippen LogP contribution is 2.21. The second kappa shape index (κ2) is 8.24. The lowest BCUT2D eigenvalue weighted by Crippen LogP contribution is -2.31. The summed E-state index contributed by atoms with van der Waals surface area (Å²) in [5, 5.41) is 14.9. The van der Waals surface area contributed by atoms with Gasteiger partial charge < -0.3 is 9.64 Å². The zero-order chi connectivity index (χ0) is 19.3. The average Bonchev–Trinajstić information content (AvgIpc) is 2.87. The van der Waals surface area contributed by atoms with Crippen molar-refractivity contribution in [3.63, 3.8) is 0 Å². The number of aromatic nitrogens is 2. The first-order valence-corrected chi connectivity index (χ1v) is 7.91. The fraction of sp³-hybridized carbons (Fsp3) is 0.353. The van der Waals surface area contributed by atoms with Crippen molar-refractivity contribution >= 4 is 17.6 Å². The Labute approximate surface area is 150 Å². The van der Waals surface area contributed by atoms with Crippen LogP contribution in [0.5, 0.6) is 0 Å². The number of rotatable bonds is 7. The van der Waals surface area contributed by atoms with Gasteiger partial charge >= 0.3 is 11.7 Å². The summed E-state index contributed by atoms with van der Waals surface area (Å²) in [6.45, 7) is 2.71. The summed E-state index contributed by atoms with van der Waals surface area (Å²) in [7, 11) is 1.62. The summed E-state index contributed by atoms with van der Waals surface area (Å²) in [6, 6.07) is 9.43. The van der Waals surface area contributed by atoms with Crippen LogP contribution >= 0.6 is 0 Å². The Kier molecular flexibility index (Phi) is 6.05. The molecule has 0 unspecified atom stereocenters. The number of hydrogen-bond acceptors (Lipinski definition) is 6. The smallest absolute Gasteiger partial charge is 0.328 e. The summed E-state index contributed by atoms with van der Waals surface area (Å²) in [5.41, 5.74) is 1.32. The van der Waals surface area contributed by atoms with Gasteiger partial charge in [-0.15, -0.1) is 0 Å². The quantitative estimate of drug-likeness (QED) is 0.422. The molecule has 2 aromatic rings. The molecule has 9 nitrogen and oxygen atoms in total. The third kappa shape index (κ3) is 4.65. The molecule has 26 heavy (non-hydrogen) atoms. The minimum Gasteiger partial charge on any atom is -0.454 e.